The maximum atomic E-state index is 12.0. The molecule has 0 unspecified atom stereocenters. The van der Waals surface area contributed by atoms with Crippen molar-refractivity contribution < 1.29 is 19.1 Å². The van der Waals surface area contributed by atoms with Crippen molar-refractivity contribution >= 4 is 11.9 Å². The van der Waals surface area contributed by atoms with Crippen LogP contribution in [0.15, 0.2) is 22.8 Å². The molecule has 0 saturated heterocycles. The van der Waals surface area contributed by atoms with Gasteiger partial charge < -0.3 is 14.8 Å². The van der Waals surface area contributed by atoms with Gasteiger partial charge in [0.25, 0.3) is 0 Å². The molecule has 2 rings (SSSR count). The lowest BCUT2D eigenvalue weighted by Crippen LogP contribution is -2.38. The number of aryl methyl sites for hydroxylation is 1. The Hall–Kier alpha value is -2.11. The molecule has 6 nitrogen and oxygen atoms in total. The quantitative estimate of drug-likeness (QED) is 0.799. The fourth-order valence-corrected chi connectivity index (χ4v) is 2.15. The van der Waals surface area contributed by atoms with Crippen molar-refractivity contribution in [3.05, 3.63) is 30.0 Å². The highest BCUT2D eigenvalue weighted by atomic mass is 16.4. The Balaban J connectivity index is 1.95. The molecule has 1 aromatic heterocycles. The average molecular weight is 264 g/mol. The number of allylic oxidation sites excluding steroid dienone is 2. The zero-order chi connectivity index (χ0) is 13.8. The van der Waals surface area contributed by atoms with Crippen molar-refractivity contribution in [2.45, 2.75) is 26.3 Å². The number of rotatable bonds is 4. The van der Waals surface area contributed by atoms with Gasteiger partial charge in [0.05, 0.1) is 24.6 Å². The summed E-state index contributed by atoms with van der Waals surface area (Å²) in [4.78, 5) is 27.1. The molecule has 2 atom stereocenters. The molecule has 1 amide bonds. The number of carbonyl (C=O) groups excluding carboxylic acids is 1. The maximum absolute atomic E-state index is 12.0. The van der Waals surface area contributed by atoms with E-state index in [2.05, 4.69) is 10.3 Å². The van der Waals surface area contributed by atoms with Gasteiger partial charge in [-0.05, 0) is 19.8 Å². The second-order valence-corrected chi connectivity index (χ2v) is 4.58. The van der Waals surface area contributed by atoms with Gasteiger partial charge in [-0.15, -0.1) is 0 Å². The molecular weight excluding hydrogens is 248 g/mol. The van der Waals surface area contributed by atoms with E-state index in [0.29, 0.717) is 24.5 Å². The predicted octanol–water partition coefficient (Wildman–Crippen LogP) is 1.27. The lowest BCUT2D eigenvalue weighted by molar-refractivity contribution is -0.147. The summed E-state index contributed by atoms with van der Waals surface area (Å²) >= 11 is 0. The number of amides is 1. The number of nitrogens with one attached hydrogen (secondary N) is 1. The van der Waals surface area contributed by atoms with Crippen molar-refractivity contribution in [1.82, 2.24) is 10.3 Å². The number of carboxylic acids is 1. The lowest BCUT2D eigenvalue weighted by atomic mass is 9.82. The Kier molecular flexibility index (Phi) is 3.99. The molecule has 0 bridgehead atoms. The minimum Gasteiger partial charge on any atom is -0.481 e. The lowest BCUT2D eigenvalue weighted by Gasteiger charge is -2.23. The second-order valence-electron chi connectivity index (χ2n) is 4.58. The third-order valence-corrected chi connectivity index (χ3v) is 3.17. The first-order chi connectivity index (χ1) is 9.08. The standard InChI is InChI=1S/C13H16N2O4/c1-8-6-14-11(19-8)7-15-12(16)9-4-2-3-5-10(9)13(17)18/h2-3,6,9-10H,4-5,7H2,1H3,(H,15,16)(H,17,18)/t9-,10+/m1/s1. The van der Waals surface area contributed by atoms with Gasteiger partial charge in [0.2, 0.25) is 11.8 Å². The smallest absolute Gasteiger partial charge is 0.307 e. The molecule has 1 aromatic rings. The first kappa shape index (κ1) is 13.3. The summed E-state index contributed by atoms with van der Waals surface area (Å²) in [6.07, 6.45) is 6.07. The van der Waals surface area contributed by atoms with Crippen LogP contribution < -0.4 is 5.32 Å². The molecule has 1 heterocycles. The van der Waals surface area contributed by atoms with Gasteiger partial charge in [-0.3, -0.25) is 9.59 Å². The van der Waals surface area contributed by atoms with Crippen LogP contribution in [-0.2, 0) is 16.1 Å². The normalized spacial score (nSPS) is 22.2. The van der Waals surface area contributed by atoms with Crippen molar-refractivity contribution in [3.63, 3.8) is 0 Å². The van der Waals surface area contributed by atoms with Crippen LogP contribution in [0.5, 0.6) is 0 Å². The Morgan fingerprint density at radius 2 is 2.11 bits per heavy atom. The minimum absolute atomic E-state index is 0.180. The summed E-state index contributed by atoms with van der Waals surface area (Å²) in [6.45, 7) is 1.95. The van der Waals surface area contributed by atoms with Gasteiger partial charge in [-0.2, -0.15) is 0 Å². The summed E-state index contributed by atoms with van der Waals surface area (Å²) in [6, 6.07) is 0. The van der Waals surface area contributed by atoms with E-state index in [-0.39, 0.29) is 12.5 Å². The van der Waals surface area contributed by atoms with Crippen molar-refractivity contribution in [3.8, 4) is 0 Å². The van der Waals surface area contributed by atoms with E-state index in [4.69, 9.17) is 9.52 Å². The van der Waals surface area contributed by atoms with E-state index in [9.17, 15) is 9.59 Å². The third-order valence-electron chi connectivity index (χ3n) is 3.17. The Labute approximate surface area is 110 Å². The number of hydrogen-bond acceptors (Lipinski definition) is 4. The summed E-state index contributed by atoms with van der Waals surface area (Å²) in [5, 5.41) is 11.8. The Bertz CT molecular complexity index is 506. The zero-order valence-corrected chi connectivity index (χ0v) is 10.6. The number of carbonyl (C=O) groups is 2. The molecule has 0 radical (unpaired) electrons. The minimum atomic E-state index is -0.934. The zero-order valence-electron chi connectivity index (χ0n) is 10.6. The molecule has 102 valence electrons. The molecule has 1 aliphatic rings. The highest BCUT2D eigenvalue weighted by molar-refractivity contribution is 5.85. The van der Waals surface area contributed by atoms with Crippen LogP contribution >= 0.6 is 0 Å². The largest absolute Gasteiger partial charge is 0.481 e. The molecule has 0 aromatic carbocycles. The van der Waals surface area contributed by atoms with Crippen molar-refractivity contribution in [2.24, 2.45) is 11.8 Å². The second kappa shape index (κ2) is 5.69. The van der Waals surface area contributed by atoms with Gasteiger partial charge in [0.15, 0.2) is 0 Å². The van der Waals surface area contributed by atoms with Crippen molar-refractivity contribution in [2.75, 3.05) is 0 Å². The van der Waals surface area contributed by atoms with Gasteiger partial charge in [-0.25, -0.2) is 4.98 Å². The van der Waals surface area contributed by atoms with Gasteiger partial charge in [-0.1, -0.05) is 12.2 Å². The molecule has 0 saturated carbocycles. The third kappa shape index (κ3) is 3.21. The van der Waals surface area contributed by atoms with Gasteiger partial charge in [0, 0.05) is 0 Å². The first-order valence-electron chi connectivity index (χ1n) is 6.14. The summed E-state index contributed by atoms with van der Waals surface area (Å²) in [5.74, 6) is -1.30. The van der Waals surface area contributed by atoms with E-state index in [1.165, 1.54) is 0 Å². The van der Waals surface area contributed by atoms with E-state index in [1.54, 1.807) is 19.2 Å². The number of carboxylic acid groups (broad SMARTS) is 1. The van der Waals surface area contributed by atoms with Crippen LogP contribution in [0.3, 0.4) is 0 Å². The number of aromatic nitrogens is 1. The topological polar surface area (TPSA) is 92.4 Å². The number of oxazole rings is 1. The van der Waals surface area contributed by atoms with Gasteiger partial charge >= 0.3 is 5.97 Å². The van der Waals surface area contributed by atoms with Crippen LogP contribution in [0.4, 0.5) is 0 Å². The fraction of sp³-hybridized carbons (Fsp3) is 0.462. The van der Waals surface area contributed by atoms with Crippen molar-refractivity contribution in [1.29, 1.82) is 0 Å². The molecule has 0 spiro atoms. The SMILES string of the molecule is Cc1cnc(CNC(=O)[C@@H]2CC=CC[C@@H]2C(=O)O)o1. The molecule has 19 heavy (non-hydrogen) atoms. The average Bonchev–Trinajstić information content (AvgIpc) is 2.81. The van der Waals surface area contributed by atoms with Crippen LogP contribution in [0.1, 0.15) is 24.5 Å². The number of nitrogens with zero attached hydrogens (tertiary/aromatic N) is 1. The Morgan fingerprint density at radius 1 is 1.42 bits per heavy atom. The first-order valence-corrected chi connectivity index (χ1v) is 6.14. The molecule has 0 aliphatic heterocycles. The number of hydrogen-bond donors (Lipinski definition) is 2. The summed E-state index contributed by atoms with van der Waals surface area (Å²) in [7, 11) is 0. The molecular formula is C13H16N2O4. The molecule has 2 N–H and O–H groups in total. The number of aliphatic carboxylic acids is 1. The van der Waals surface area contributed by atoms with Crippen LogP contribution in [0.25, 0.3) is 0 Å². The van der Waals surface area contributed by atoms with E-state index in [1.807, 2.05) is 6.08 Å². The van der Waals surface area contributed by atoms with Crippen LogP contribution in [-0.4, -0.2) is 22.0 Å². The molecule has 6 heteroatoms. The molecule has 0 fully saturated rings. The predicted molar refractivity (Wildman–Crippen MR) is 66.1 cm³/mol. The highest BCUT2D eigenvalue weighted by Gasteiger charge is 2.33. The van der Waals surface area contributed by atoms with Crippen LogP contribution in [0.2, 0.25) is 0 Å². The monoisotopic (exact) mass is 264 g/mol. The van der Waals surface area contributed by atoms with Crippen LogP contribution in [0, 0.1) is 18.8 Å². The highest BCUT2D eigenvalue weighted by Crippen LogP contribution is 2.26. The van der Waals surface area contributed by atoms with E-state index < -0.39 is 17.8 Å². The molecule has 1 aliphatic carbocycles. The van der Waals surface area contributed by atoms with Gasteiger partial charge in [0.1, 0.15) is 5.76 Å². The van der Waals surface area contributed by atoms with E-state index in [0.717, 1.165) is 0 Å². The Morgan fingerprint density at radius 3 is 2.68 bits per heavy atom. The fourth-order valence-electron chi connectivity index (χ4n) is 2.15. The maximum Gasteiger partial charge on any atom is 0.307 e. The summed E-state index contributed by atoms with van der Waals surface area (Å²) < 4.78 is 5.24. The summed E-state index contributed by atoms with van der Waals surface area (Å²) in [5.41, 5.74) is 0. The van der Waals surface area contributed by atoms with E-state index >= 15 is 0 Å².